The lowest BCUT2D eigenvalue weighted by Gasteiger charge is -2.16. The van der Waals surface area contributed by atoms with Crippen LogP contribution in [0.5, 0.6) is 0 Å². The van der Waals surface area contributed by atoms with Crippen LogP contribution in [0.2, 0.25) is 0 Å². The molecule has 0 unspecified atom stereocenters. The third-order valence-corrected chi connectivity index (χ3v) is 4.37. The Morgan fingerprint density at radius 2 is 1.50 bits per heavy atom. The normalized spacial score (nSPS) is 15.3. The molecular weight excluding hydrogens is 308 g/mol. The second-order valence-corrected chi connectivity index (χ2v) is 6.77. The number of hydrogen-bond donors (Lipinski definition) is 4. The number of rotatable bonds is 2. The number of hydrogen-bond acceptors (Lipinski definition) is 6. The first-order valence-corrected chi connectivity index (χ1v) is 7.89. The molecule has 1 aromatic carbocycles. The fourth-order valence-electron chi connectivity index (χ4n) is 1.74. The summed E-state index contributed by atoms with van der Waals surface area (Å²) >= 11 is 0. The lowest BCUT2D eigenvalue weighted by atomic mass is 9.94. The van der Waals surface area contributed by atoms with Gasteiger partial charge in [0.2, 0.25) is 0 Å². The van der Waals surface area contributed by atoms with E-state index in [4.69, 9.17) is 19.9 Å². The number of benzene rings is 1. The third-order valence-electron chi connectivity index (χ3n) is 2.65. The molecule has 8 nitrogen and oxygen atoms in total. The van der Waals surface area contributed by atoms with E-state index in [1.54, 1.807) is 0 Å². The first-order chi connectivity index (χ1) is 9.01. The summed E-state index contributed by atoms with van der Waals surface area (Å²) in [6.07, 6.45) is 2.32. The Bertz CT molecular complexity index is 881. The van der Waals surface area contributed by atoms with Crippen LogP contribution in [0.25, 0.3) is 6.08 Å². The Kier molecular flexibility index (Phi) is 3.13. The standard InChI is InChI=1S/C10H8N2O6S2/c11-8-2-1-6-7(10(8)12)3-5(19(13,14)15)4-9(6)20(16,17)18/h1-4,11-12H,(H,13,14,15)(H,16,17,18). The van der Waals surface area contributed by atoms with Crippen molar-refractivity contribution in [1.82, 2.24) is 0 Å². The molecule has 20 heavy (non-hydrogen) atoms. The predicted octanol–water partition coefficient (Wildman–Crippen LogP) is 0.594. The SMILES string of the molecule is N=C1C=Cc2c(cc(S(=O)(=O)O)cc2S(=O)(=O)O)C1=N. The lowest BCUT2D eigenvalue weighted by Crippen LogP contribution is -2.19. The molecule has 0 heterocycles. The summed E-state index contributed by atoms with van der Waals surface area (Å²) in [5.74, 6) is 0. The molecule has 0 aromatic heterocycles. The molecule has 106 valence electrons. The van der Waals surface area contributed by atoms with Crippen molar-refractivity contribution < 1.29 is 25.9 Å². The Labute approximate surface area is 114 Å². The molecule has 0 atom stereocenters. The first-order valence-electron chi connectivity index (χ1n) is 5.01. The lowest BCUT2D eigenvalue weighted by molar-refractivity contribution is 0.481. The van der Waals surface area contributed by atoms with Crippen molar-refractivity contribution in [2.24, 2.45) is 0 Å². The van der Waals surface area contributed by atoms with Crippen molar-refractivity contribution in [3.63, 3.8) is 0 Å². The van der Waals surface area contributed by atoms with E-state index >= 15 is 0 Å². The maximum atomic E-state index is 11.3. The van der Waals surface area contributed by atoms with Crippen molar-refractivity contribution in [2.75, 3.05) is 0 Å². The molecule has 2 rings (SSSR count). The summed E-state index contributed by atoms with van der Waals surface area (Å²) in [7, 11) is -9.49. The van der Waals surface area contributed by atoms with Crippen LogP contribution in [-0.4, -0.2) is 37.4 Å². The average molecular weight is 316 g/mol. The minimum atomic E-state index is -4.76. The zero-order valence-corrected chi connectivity index (χ0v) is 11.3. The summed E-state index contributed by atoms with van der Waals surface area (Å²) in [5.41, 5.74) is -0.967. The molecule has 0 saturated heterocycles. The second kappa shape index (κ2) is 4.31. The van der Waals surface area contributed by atoms with Crippen LogP contribution in [-0.2, 0) is 20.2 Å². The molecule has 0 bridgehead atoms. The van der Waals surface area contributed by atoms with Gasteiger partial charge in [-0.3, -0.25) is 19.9 Å². The van der Waals surface area contributed by atoms with Gasteiger partial charge in [-0.05, 0) is 18.2 Å². The largest absolute Gasteiger partial charge is 0.299 e. The predicted molar refractivity (Wildman–Crippen MR) is 69.7 cm³/mol. The van der Waals surface area contributed by atoms with Gasteiger partial charge in [0.15, 0.2) is 0 Å². The number of fused-ring (bicyclic) bond motifs is 1. The van der Waals surface area contributed by atoms with Crippen LogP contribution in [0.1, 0.15) is 11.1 Å². The van der Waals surface area contributed by atoms with Crippen LogP contribution in [0.3, 0.4) is 0 Å². The van der Waals surface area contributed by atoms with Crippen LogP contribution in [0.4, 0.5) is 0 Å². The molecule has 0 saturated carbocycles. The van der Waals surface area contributed by atoms with Gasteiger partial charge in [0, 0.05) is 11.1 Å². The summed E-state index contributed by atoms with van der Waals surface area (Å²) in [6, 6.07) is 1.47. The fourth-order valence-corrected chi connectivity index (χ4v) is 3.08. The molecule has 10 heteroatoms. The summed E-state index contributed by atoms with van der Waals surface area (Å²) < 4.78 is 62.9. The monoisotopic (exact) mass is 316 g/mol. The quantitative estimate of drug-likeness (QED) is 0.585. The van der Waals surface area contributed by atoms with Gasteiger partial charge < -0.3 is 0 Å². The minimum absolute atomic E-state index is 0.110. The van der Waals surface area contributed by atoms with Gasteiger partial charge >= 0.3 is 0 Å². The van der Waals surface area contributed by atoms with E-state index in [-0.39, 0.29) is 16.8 Å². The fraction of sp³-hybridized carbons (Fsp3) is 0. The van der Waals surface area contributed by atoms with Crippen LogP contribution in [0, 0.1) is 10.8 Å². The summed E-state index contributed by atoms with van der Waals surface area (Å²) in [5, 5.41) is 15.1. The molecule has 0 radical (unpaired) electrons. The van der Waals surface area contributed by atoms with Crippen LogP contribution < -0.4 is 0 Å². The van der Waals surface area contributed by atoms with Crippen molar-refractivity contribution in [1.29, 1.82) is 10.8 Å². The highest BCUT2D eigenvalue weighted by Gasteiger charge is 2.26. The van der Waals surface area contributed by atoms with Crippen molar-refractivity contribution in [3.05, 3.63) is 29.3 Å². The summed E-state index contributed by atoms with van der Waals surface area (Å²) in [4.78, 5) is -1.53. The molecule has 0 aliphatic heterocycles. The second-order valence-electron chi connectivity index (χ2n) is 3.95. The zero-order chi connectivity index (χ0) is 15.3. The van der Waals surface area contributed by atoms with E-state index in [0.717, 1.165) is 12.1 Å². The van der Waals surface area contributed by atoms with Gasteiger partial charge in [0.25, 0.3) is 20.2 Å². The van der Waals surface area contributed by atoms with Crippen LogP contribution >= 0.6 is 0 Å². The summed E-state index contributed by atoms with van der Waals surface area (Å²) in [6.45, 7) is 0. The van der Waals surface area contributed by atoms with E-state index in [2.05, 4.69) is 0 Å². The Hall–Kier alpha value is -1.88. The maximum absolute atomic E-state index is 11.3. The van der Waals surface area contributed by atoms with Crippen molar-refractivity contribution >= 4 is 37.7 Å². The Balaban J connectivity index is 2.96. The molecule has 4 N–H and O–H groups in total. The highest BCUT2D eigenvalue weighted by atomic mass is 32.2. The molecule has 0 amide bonds. The van der Waals surface area contributed by atoms with E-state index in [1.807, 2.05) is 0 Å². The van der Waals surface area contributed by atoms with Gasteiger partial charge in [-0.1, -0.05) is 6.08 Å². The molecule has 1 aromatic rings. The highest BCUT2D eigenvalue weighted by molar-refractivity contribution is 7.86. The van der Waals surface area contributed by atoms with Gasteiger partial charge in [-0.25, -0.2) is 0 Å². The number of allylic oxidation sites excluding steroid dienone is 1. The Morgan fingerprint density at radius 1 is 0.900 bits per heavy atom. The Morgan fingerprint density at radius 3 is 2.00 bits per heavy atom. The molecule has 0 spiro atoms. The smallest absolute Gasteiger partial charge is 0.295 e. The van der Waals surface area contributed by atoms with Gasteiger partial charge in [-0.2, -0.15) is 16.8 Å². The zero-order valence-electron chi connectivity index (χ0n) is 9.65. The van der Waals surface area contributed by atoms with Crippen LogP contribution in [0.15, 0.2) is 28.0 Å². The molecular formula is C10H8N2O6S2. The van der Waals surface area contributed by atoms with Gasteiger partial charge in [0.1, 0.15) is 4.90 Å². The first kappa shape index (κ1) is 14.5. The number of nitrogens with one attached hydrogen (secondary N) is 2. The van der Waals surface area contributed by atoms with Crippen molar-refractivity contribution in [3.8, 4) is 0 Å². The molecule has 1 aliphatic carbocycles. The minimum Gasteiger partial charge on any atom is -0.299 e. The third kappa shape index (κ3) is 2.41. The van der Waals surface area contributed by atoms with Gasteiger partial charge in [0.05, 0.1) is 16.3 Å². The van der Waals surface area contributed by atoms with E-state index in [9.17, 15) is 16.8 Å². The molecule has 1 aliphatic rings. The highest BCUT2D eigenvalue weighted by Crippen LogP contribution is 2.28. The topological polar surface area (TPSA) is 156 Å². The average Bonchev–Trinajstić information content (AvgIpc) is 2.30. The van der Waals surface area contributed by atoms with E-state index < -0.39 is 35.7 Å². The van der Waals surface area contributed by atoms with Crippen molar-refractivity contribution in [2.45, 2.75) is 9.79 Å². The van der Waals surface area contributed by atoms with Gasteiger partial charge in [-0.15, -0.1) is 0 Å². The molecule has 0 fully saturated rings. The maximum Gasteiger partial charge on any atom is 0.295 e. The van der Waals surface area contributed by atoms with E-state index in [0.29, 0.717) is 6.07 Å². The van der Waals surface area contributed by atoms with E-state index in [1.165, 1.54) is 6.08 Å².